The SMILES string of the molecule is N#Cc1cccnc1N1CCN(C(=O)C2CCN(S(=O)(=O)/C=C/c3ccccc3)CC2)CC1. The second-order valence-corrected chi connectivity index (χ2v) is 10.0. The van der Waals surface area contributed by atoms with Gasteiger partial charge in [0.15, 0.2) is 0 Å². The van der Waals surface area contributed by atoms with Crippen LogP contribution in [0, 0.1) is 17.2 Å². The molecule has 2 aliphatic heterocycles. The van der Waals surface area contributed by atoms with Crippen LogP contribution >= 0.6 is 0 Å². The van der Waals surface area contributed by atoms with E-state index in [2.05, 4.69) is 11.1 Å². The number of anilines is 1. The molecule has 2 fully saturated rings. The minimum atomic E-state index is -3.51. The van der Waals surface area contributed by atoms with E-state index in [9.17, 15) is 18.5 Å². The molecule has 0 bridgehead atoms. The summed E-state index contributed by atoms with van der Waals surface area (Å²) in [5.41, 5.74) is 1.37. The first kappa shape index (κ1) is 23.0. The van der Waals surface area contributed by atoms with E-state index >= 15 is 0 Å². The van der Waals surface area contributed by atoms with Gasteiger partial charge in [-0.3, -0.25) is 4.79 Å². The van der Waals surface area contributed by atoms with E-state index in [0.717, 1.165) is 5.56 Å². The Bertz CT molecular complexity index is 1140. The lowest BCUT2D eigenvalue weighted by atomic mass is 9.96. The summed E-state index contributed by atoms with van der Waals surface area (Å²) in [5.74, 6) is 0.591. The molecular formula is C24H27N5O3S. The Balaban J connectivity index is 1.29. The van der Waals surface area contributed by atoms with Crippen molar-refractivity contribution in [2.75, 3.05) is 44.2 Å². The van der Waals surface area contributed by atoms with Crippen LogP contribution in [-0.2, 0) is 14.8 Å². The zero-order valence-electron chi connectivity index (χ0n) is 18.4. The number of nitriles is 1. The van der Waals surface area contributed by atoms with Crippen molar-refractivity contribution in [3.63, 3.8) is 0 Å². The zero-order valence-corrected chi connectivity index (χ0v) is 19.2. The maximum Gasteiger partial charge on any atom is 0.236 e. The molecule has 0 unspecified atom stereocenters. The normalized spacial score (nSPS) is 18.4. The Morgan fingerprint density at radius 3 is 2.36 bits per heavy atom. The van der Waals surface area contributed by atoms with Gasteiger partial charge in [-0.15, -0.1) is 0 Å². The molecule has 1 aromatic carbocycles. The van der Waals surface area contributed by atoms with Crippen molar-refractivity contribution >= 4 is 27.8 Å². The van der Waals surface area contributed by atoms with Crippen LogP contribution in [0.15, 0.2) is 54.1 Å². The van der Waals surface area contributed by atoms with E-state index in [4.69, 9.17) is 0 Å². The maximum atomic E-state index is 13.0. The molecular weight excluding hydrogens is 438 g/mol. The lowest BCUT2D eigenvalue weighted by molar-refractivity contribution is -0.137. The highest BCUT2D eigenvalue weighted by Crippen LogP contribution is 2.24. The molecule has 0 atom stereocenters. The Hall–Kier alpha value is -3.22. The molecule has 8 nitrogen and oxygen atoms in total. The first-order valence-electron chi connectivity index (χ1n) is 11.1. The average Bonchev–Trinajstić information content (AvgIpc) is 2.88. The van der Waals surface area contributed by atoms with Crippen molar-refractivity contribution in [1.29, 1.82) is 5.26 Å². The van der Waals surface area contributed by atoms with E-state index in [1.807, 2.05) is 40.1 Å². The van der Waals surface area contributed by atoms with Gasteiger partial charge in [0.1, 0.15) is 11.9 Å². The number of hydrogen-bond acceptors (Lipinski definition) is 6. The van der Waals surface area contributed by atoms with Crippen molar-refractivity contribution < 1.29 is 13.2 Å². The highest BCUT2D eigenvalue weighted by atomic mass is 32.2. The number of aromatic nitrogens is 1. The minimum absolute atomic E-state index is 0.0908. The van der Waals surface area contributed by atoms with Crippen LogP contribution in [-0.4, -0.2) is 67.8 Å². The number of pyridine rings is 1. The molecule has 0 aliphatic carbocycles. The van der Waals surface area contributed by atoms with Crippen LogP contribution in [0.2, 0.25) is 0 Å². The highest BCUT2D eigenvalue weighted by molar-refractivity contribution is 7.92. The predicted molar refractivity (Wildman–Crippen MR) is 126 cm³/mol. The van der Waals surface area contributed by atoms with Gasteiger partial charge in [-0.05, 0) is 36.6 Å². The Kier molecular flexibility index (Phi) is 7.06. The van der Waals surface area contributed by atoms with Crippen LogP contribution in [0.3, 0.4) is 0 Å². The van der Waals surface area contributed by atoms with Gasteiger partial charge in [0.05, 0.1) is 5.56 Å². The van der Waals surface area contributed by atoms with Crippen molar-refractivity contribution in [2.24, 2.45) is 5.92 Å². The summed E-state index contributed by atoms with van der Waals surface area (Å²) < 4.78 is 26.8. The number of piperazine rings is 1. The third kappa shape index (κ3) is 5.41. The van der Waals surface area contributed by atoms with E-state index in [1.54, 1.807) is 24.4 Å². The molecule has 2 aromatic rings. The van der Waals surface area contributed by atoms with Gasteiger partial charge >= 0.3 is 0 Å². The third-order valence-corrected chi connectivity index (χ3v) is 7.76. The summed E-state index contributed by atoms with van der Waals surface area (Å²) in [6, 6.07) is 15.0. The largest absolute Gasteiger partial charge is 0.352 e. The summed E-state index contributed by atoms with van der Waals surface area (Å²) in [6.45, 7) is 3.07. The number of piperidine rings is 1. The first-order valence-corrected chi connectivity index (χ1v) is 12.6. The Labute approximate surface area is 194 Å². The summed E-state index contributed by atoms with van der Waals surface area (Å²) in [6.07, 6.45) is 4.32. The van der Waals surface area contributed by atoms with Gasteiger partial charge in [0, 0.05) is 56.8 Å². The standard InChI is InChI=1S/C24H27N5O3S/c25-19-22-7-4-11-26-23(22)27-14-16-28(17-15-27)24(30)21-8-12-29(13-9-21)33(31,32)18-10-20-5-2-1-3-6-20/h1-7,10-11,18,21H,8-9,12-17H2/b18-10+. The van der Waals surface area contributed by atoms with E-state index in [1.165, 1.54) is 9.71 Å². The molecule has 2 saturated heterocycles. The molecule has 33 heavy (non-hydrogen) atoms. The summed E-state index contributed by atoms with van der Waals surface area (Å²) in [5, 5.41) is 10.5. The molecule has 2 aliphatic rings. The van der Waals surface area contributed by atoms with Crippen LogP contribution in [0.5, 0.6) is 0 Å². The van der Waals surface area contributed by atoms with Gasteiger partial charge in [-0.25, -0.2) is 13.4 Å². The van der Waals surface area contributed by atoms with Gasteiger partial charge in [-0.2, -0.15) is 9.57 Å². The lowest BCUT2D eigenvalue weighted by Gasteiger charge is -2.38. The fourth-order valence-corrected chi connectivity index (χ4v) is 5.53. The molecule has 9 heteroatoms. The Morgan fingerprint density at radius 2 is 1.70 bits per heavy atom. The molecule has 0 N–H and O–H groups in total. The van der Waals surface area contributed by atoms with E-state index in [0.29, 0.717) is 63.5 Å². The average molecular weight is 466 g/mol. The minimum Gasteiger partial charge on any atom is -0.352 e. The molecule has 4 rings (SSSR count). The fourth-order valence-electron chi connectivity index (χ4n) is 4.31. The number of benzene rings is 1. The number of nitrogens with zero attached hydrogens (tertiary/aromatic N) is 5. The van der Waals surface area contributed by atoms with Crippen LogP contribution in [0.25, 0.3) is 6.08 Å². The van der Waals surface area contributed by atoms with Crippen LogP contribution in [0.4, 0.5) is 5.82 Å². The van der Waals surface area contributed by atoms with Crippen molar-refractivity contribution in [3.05, 3.63) is 65.2 Å². The zero-order chi connectivity index (χ0) is 23.3. The molecule has 0 spiro atoms. The second kappa shape index (κ2) is 10.1. The van der Waals surface area contributed by atoms with Crippen LogP contribution < -0.4 is 4.90 Å². The summed E-state index contributed by atoms with van der Waals surface area (Å²) >= 11 is 0. The molecule has 0 saturated carbocycles. The van der Waals surface area contributed by atoms with Crippen molar-refractivity contribution in [2.45, 2.75) is 12.8 Å². The van der Waals surface area contributed by atoms with Gasteiger partial charge in [-0.1, -0.05) is 30.3 Å². The maximum absolute atomic E-state index is 13.0. The topological polar surface area (TPSA) is 97.6 Å². The number of rotatable bonds is 5. The third-order valence-electron chi connectivity index (χ3n) is 6.19. The number of amides is 1. The first-order chi connectivity index (χ1) is 16.0. The van der Waals surface area contributed by atoms with Crippen molar-refractivity contribution in [3.8, 4) is 6.07 Å². The number of carbonyl (C=O) groups excluding carboxylic acids is 1. The molecule has 0 radical (unpaired) electrons. The predicted octanol–water partition coefficient (Wildman–Crippen LogP) is 2.31. The molecule has 1 aromatic heterocycles. The number of sulfonamides is 1. The number of carbonyl (C=O) groups is 1. The smallest absolute Gasteiger partial charge is 0.236 e. The Morgan fingerprint density at radius 1 is 1.00 bits per heavy atom. The fraction of sp³-hybridized carbons (Fsp3) is 0.375. The molecule has 172 valence electrons. The summed E-state index contributed by atoms with van der Waals surface area (Å²) in [4.78, 5) is 21.3. The highest BCUT2D eigenvalue weighted by Gasteiger charge is 2.33. The van der Waals surface area contributed by atoms with Gasteiger partial charge < -0.3 is 9.80 Å². The molecule has 1 amide bonds. The molecule has 3 heterocycles. The second-order valence-electron chi connectivity index (χ2n) is 8.23. The number of hydrogen-bond donors (Lipinski definition) is 0. The van der Waals surface area contributed by atoms with Gasteiger partial charge in [0.2, 0.25) is 15.9 Å². The van der Waals surface area contributed by atoms with Crippen molar-refractivity contribution in [1.82, 2.24) is 14.2 Å². The lowest BCUT2D eigenvalue weighted by Crippen LogP contribution is -2.52. The van der Waals surface area contributed by atoms with E-state index < -0.39 is 10.0 Å². The quantitative estimate of drug-likeness (QED) is 0.672. The monoisotopic (exact) mass is 465 g/mol. The van der Waals surface area contributed by atoms with Crippen LogP contribution in [0.1, 0.15) is 24.0 Å². The van der Waals surface area contributed by atoms with E-state index in [-0.39, 0.29) is 11.8 Å². The summed E-state index contributed by atoms with van der Waals surface area (Å²) in [7, 11) is -3.51. The van der Waals surface area contributed by atoms with Gasteiger partial charge in [0.25, 0.3) is 0 Å².